The molecule has 1 fully saturated rings. The van der Waals surface area contributed by atoms with Gasteiger partial charge >= 0.3 is 0 Å². The molecule has 0 aliphatic carbocycles. The van der Waals surface area contributed by atoms with Crippen LogP contribution in [0.4, 0.5) is 0 Å². The number of piperidine rings is 1. The van der Waals surface area contributed by atoms with Gasteiger partial charge in [0.1, 0.15) is 0 Å². The van der Waals surface area contributed by atoms with Crippen LogP contribution in [-0.2, 0) is 12.1 Å². The molecule has 2 nitrogen and oxygen atoms in total. The van der Waals surface area contributed by atoms with E-state index >= 15 is 0 Å². The highest BCUT2D eigenvalue weighted by atomic mass is 79.9. The van der Waals surface area contributed by atoms with Crippen molar-refractivity contribution < 1.29 is 5.11 Å². The first-order valence-electron chi connectivity index (χ1n) is 7.82. The number of likely N-dealkylation sites (tertiary alicyclic amines) is 1. The van der Waals surface area contributed by atoms with Gasteiger partial charge in [-0.15, -0.1) is 0 Å². The number of rotatable bonds is 3. The fourth-order valence-electron chi connectivity index (χ4n) is 3.36. The van der Waals surface area contributed by atoms with Crippen molar-refractivity contribution in [3.8, 4) is 0 Å². The van der Waals surface area contributed by atoms with Gasteiger partial charge in [-0.25, -0.2) is 0 Å². The Balaban J connectivity index is 1.70. The largest absolute Gasteiger partial charge is 0.385 e. The molecule has 0 bridgehead atoms. The predicted octanol–water partition coefficient (Wildman–Crippen LogP) is 4.18. The van der Waals surface area contributed by atoms with E-state index in [0.717, 1.165) is 36.1 Å². The van der Waals surface area contributed by atoms with Crippen molar-refractivity contribution in [3.63, 3.8) is 0 Å². The fraction of sp³-hybridized carbons (Fsp3) is 0.368. The van der Waals surface area contributed by atoms with Crippen molar-refractivity contribution >= 4 is 15.9 Å². The summed E-state index contributed by atoms with van der Waals surface area (Å²) < 4.78 is 1.05. The molecular formula is C19H22BrNO. The molecule has 1 aliphatic rings. The molecule has 2 atom stereocenters. The van der Waals surface area contributed by atoms with Crippen molar-refractivity contribution in [3.05, 3.63) is 70.2 Å². The molecule has 0 spiro atoms. The lowest BCUT2D eigenvalue weighted by atomic mass is 9.77. The van der Waals surface area contributed by atoms with E-state index in [1.165, 1.54) is 5.56 Å². The molecule has 0 radical (unpaired) electrons. The van der Waals surface area contributed by atoms with E-state index in [-0.39, 0.29) is 5.92 Å². The van der Waals surface area contributed by atoms with E-state index in [1.54, 1.807) is 0 Å². The van der Waals surface area contributed by atoms with Gasteiger partial charge in [-0.1, -0.05) is 65.3 Å². The lowest BCUT2D eigenvalue weighted by molar-refractivity contribution is -0.0728. The molecular weight excluding hydrogens is 338 g/mol. The van der Waals surface area contributed by atoms with Crippen molar-refractivity contribution in [1.29, 1.82) is 0 Å². The van der Waals surface area contributed by atoms with Crippen molar-refractivity contribution in [1.82, 2.24) is 4.90 Å². The molecule has 3 rings (SSSR count). The highest BCUT2D eigenvalue weighted by Crippen LogP contribution is 2.38. The molecule has 2 unspecified atom stereocenters. The van der Waals surface area contributed by atoms with Crippen LogP contribution in [0.25, 0.3) is 0 Å². The van der Waals surface area contributed by atoms with Crippen LogP contribution in [0.1, 0.15) is 24.5 Å². The van der Waals surface area contributed by atoms with Crippen LogP contribution < -0.4 is 0 Å². The molecule has 3 heteroatoms. The van der Waals surface area contributed by atoms with Crippen LogP contribution >= 0.6 is 15.9 Å². The molecule has 2 aromatic carbocycles. The van der Waals surface area contributed by atoms with Gasteiger partial charge < -0.3 is 5.11 Å². The molecule has 22 heavy (non-hydrogen) atoms. The Hall–Kier alpha value is -1.16. The van der Waals surface area contributed by atoms with Gasteiger partial charge in [-0.05, 0) is 29.7 Å². The second-order valence-corrected chi connectivity index (χ2v) is 7.22. The van der Waals surface area contributed by atoms with E-state index in [4.69, 9.17) is 0 Å². The maximum atomic E-state index is 11.1. The zero-order chi connectivity index (χ0) is 15.6. The predicted molar refractivity (Wildman–Crippen MR) is 93.5 cm³/mol. The molecule has 0 aromatic heterocycles. The SMILES string of the molecule is CC1CN(Cc2ccccc2)CCC1(O)c1ccc(Br)cc1. The Morgan fingerprint density at radius 3 is 2.45 bits per heavy atom. The third-order valence-corrected chi connectivity index (χ3v) is 5.28. The second kappa shape index (κ2) is 6.53. The van der Waals surface area contributed by atoms with E-state index in [0.29, 0.717) is 0 Å². The number of benzene rings is 2. The highest BCUT2D eigenvalue weighted by molar-refractivity contribution is 9.10. The minimum Gasteiger partial charge on any atom is -0.385 e. The summed E-state index contributed by atoms with van der Waals surface area (Å²) >= 11 is 3.46. The molecule has 1 saturated heterocycles. The van der Waals surface area contributed by atoms with Crippen LogP contribution in [0.5, 0.6) is 0 Å². The first-order chi connectivity index (χ1) is 10.6. The second-order valence-electron chi connectivity index (χ2n) is 6.30. The van der Waals surface area contributed by atoms with E-state index in [9.17, 15) is 5.11 Å². The van der Waals surface area contributed by atoms with E-state index in [2.05, 4.69) is 58.1 Å². The average Bonchev–Trinajstić information content (AvgIpc) is 2.53. The number of aliphatic hydroxyl groups is 1. The summed E-state index contributed by atoms with van der Waals surface area (Å²) in [6, 6.07) is 18.6. The standard InChI is InChI=1S/C19H22BrNO/c1-15-13-21(14-16-5-3-2-4-6-16)12-11-19(15,22)17-7-9-18(20)10-8-17/h2-10,15,22H,11-14H2,1H3. The third kappa shape index (κ3) is 3.27. The first kappa shape index (κ1) is 15.7. The van der Waals surface area contributed by atoms with Crippen LogP contribution in [0.15, 0.2) is 59.1 Å². The van der Waals surface area contributed by atoms with Gasteiger partial charge in [0.25, 0.3) is 0 Å². The fourth-order valence-corrected chi connectivity index (χ4v) is 3.62. The van der Waals surface area contributed by atoms with Crippen LogP contribution in [0, 0.1) is 5.92 Å². The smallest absolute Gasteiger partial charge is 0.0946 e. The van der Waals surface area contributed by atoms with Crippen LogP contribution in [0.2, 0.25) is 0 Å². The quantitative estimate of drug-likeness (QED) is 0.888. The minimum atomic E-state index is -0.714. The van der Waals surface area contributed by atoms with Gasteiger partial charge in [0.15, 0.2) is 0 Å². The first-order valence-corrected chi connectivity index (χ1v) is 8.62. The van der Waals surface area contributed by atoms with Crippen molar-refractivity contribution in [2.24, 2.45) is 5.92 Å². The topological polar surface area (TPSA) is 23.5 Å². The summed E-state index contributed by atoms with van der Waals surface area (Å²) in [4.78, 5) is 2.44. The van der Waals surface area contributed by atoms with Crippen molar-refractivity contribution in [2.75, 3.05) is 13.1 Å². The maximum absolute atomic E-state index is 11.1. The molecule has 1 N–H and O–H groups in total. The molecule has 116 valence electrons. The monoisotopic (exact) mass is 359 g/mol. The Labute approximate surface area is 140 Å². The summed E-state index contributed by atoms with van der Waals surface area (Å²) in [5.74, 6) is 0.214. The molecule has 0 saturated carbocycles. The zero-order valence-electron chi connectivity index (χ0n) is 12.9. The van der Waals surface area contributed by atoms with Gasteiger partial charge in [0, 0.05) is 30.0 Å². The van der Waals surface area contributed by atoms with Crippen LogP contribution in [0.3, 0.4) is 0 Å². The number of nitrogens with zero attached hydrogens (tertiary/aromatic N) is 1. The third-order valence-electron chi connectivity index (χ3n) is 4.75. The summed E-state index contributed by atoms with van der Waals surface area (Å²) in [7, 11) is 0. The summed E-state index contributed by atoms with van der Waals surface area (Å²) in [6.07, 6.45) is 0.780. The average molecular weight is 360 g/mol. The lowest BCUT2D eigenvalue weighted by Crippen LogP contribution is -2.48. The molecule has 2 aromatic rings. The van der Waals surface area contributed by atoms with Crippen LogP contribution in [-0.4, -0.2) is 23.1 Å². The normalized spacial score (nSPS) is 26.0. The van der Waals surface area contributed by atoms with E-state index in [1.807, 2.05) is 24.3 Å². The summed E-state index contributed by atoms with van der Waals surface area (Å²) in [5.41, 5.74) is 1.65. The zero-order valence-corrected chi connectivity index (χ0v) is 14.5. The Kier molecular flexibility index (Phi) is 4.67. The maximum Gasteiger partial charge on any atom is 0.0946 e. The van der Waals surface area contributed by atoms with Gasteiger partial charge in [-0.3, -0.25) is 4.90 Å². The van der Waals surface area contributed by atoms with Gasteiger partial charge in [0.2, 0.25) is 0 Å². The van der Waals surface area contributed by atoms with Gasteiger partial charge in [0.05, 0.1) is 5.60 Å². The summed E-state index contributed by atoms with van der Waals surface area (Å²) in [5, 5.41) is 11.1. The highest BCUT2D eigenvalue weighted by Gasteiger charge is 2.40. The molecule has 0 amide bonds. The van der Waals surface area contributed by atoms with E-state index < -0.39 is 5.60 Å². The number of hydrogen-bond donors (Lipinski definition) is 1. The lowest BCUT2D eigenvalue weighted by Gasteiger charge is -2.43. The Bertz CT molecular complexity index is 613. The van der Waals surface area contributed by atoms with Crippen molar-refractivity contribution in [2.45, 2.75) is 25.5 Å². The Morgan fingerprint density at radius 2 is 1.82 bits per heavy atom. The molecule has 1 heterocycles. The summed E-state index contributed by atoms with van der Waals surface area (Å²) in [6.45, 7) is 4.95. The minimum absolute atomic E-state index is 0.214. The number of halogens is 1. The van der Waals surface area contributed by atoms with Gasteiger partial charge in [-0.2, -0.15) is 0 Å². The number of hydrogen-bond acceptors (Lipinski definition) is 2. The molecule has 1 aliphatic heterocycles. The Morgan fingerprint density at radius 1 is 1.14 bits per heavy atom.